The number of nitrogens with one attached hydrogen (secondary N) is 1. The molecule has 2 aliphatic rings. The lowest BCUT2D eigenvalue weighted by Gasteiger charge is -2.60. The Morgan fingerprint density at radius 2 is 2.00 bits per heavy atom. The Labute approximate surface area is 148 Å². The Morgan fingerprint density at radius 3 is 2.64 bits per heavy atom. The van der Waals surface area contributed by atoms with Crippen LogP contribution in [0, 0.1) is 12.3 Å². The Morgan fingerprint density at radius 1 is 1.28 bits per heavy atom. The van der Waals surface area contributed by atoms with Crippen LogP contribution in [0.4, 0.5) is 0 Å². The summed E-state index contributed by atoms with van der Waals surface area (Å²) in [5, 5.41) is 8.50. The summed E-state index contributed by atoms with van der Waals surface area (Å²) >= 11 is 1.59. The average molecular weight is 358 g/mol. The first-order chi connectivity index (χ1) is 12.0. The number of hydrogen-bond acceptors (Lipinski definition) is 5. The molecule has 4 rings (SSSR count). The third-order valence-electron chi connectivity index (χ3n) is 4.78. The van der Waals surface area contributed by atoms with Crippen LogP contribution in [-0.4, -0.2) is 58.0 Å². The van der Waals surface area contributed by atoms with Gasteiger partial charge in [0.2, 0.25) is 11.3 Å². The fourth-order valence-corrected chi connectivity index (χ4v) is 4.22. The first-order valence-electron chi connectivity index (χ1n) is 8.12. The van der Waals surface area contributed by atoms with E-state index in [0.29, 0.717) is 38.3 Å². The first kappa shape index (κ1) is 16.0. The molecule has 0 aliphatic carbocycles. The predicted octanol–water partition coefficient (Wildman–Crippen LogP) is 0.667. The van der Waals surface area contributed by atoms with Gasteiger partial charge in [0, 0.05) is 48.2 Å². The molecule has 4 heterocycles. The van der Waals surface area contributed by atoms with Crippen LogP contribution in [0.1, 0.15) is 21.1 Å². The van der Waals surface area contributed by atoms with Gasteiger partial charge >= 0.3 is 0 Å². The van der Waals surface area contributed by atoms with Crippen molar-refractivity contribution < 1.29 is 9.59 Å². The van der Waals surface area contributed by atoms with Crippen LogP contribution >= 0.6 is 11.3 Å². The number of H-pyrrole nitrogens is 1. The summed E-state index contributed by atoms with van der Waals surface area (Å²) in [5.41, 5.74) is 0.201. The summed E-state index contributed by atoms with van der Waals surface area (Å²) in [6, 6.07) is 5.29. The van der Waals surface area contributed by atoms with E-state index >= 15 is 0 Å². The van der Waals surface area contributed by atoms with Crippen molar-refractivity contribution in [2.45, 2.75) is 13.3 Å². The number of rotatable bonds is 3. The third-order valence-corrected chi connectivity index (χ3v) is 5.65. The number of thiophene rings is 1. The monoisotopic (exact) mass is 358 g/mol. The van der Waals surface area contributed by atoms with Gasteiger partial charge < -0.3 is 9.80 Å². The first-order valence-corrected chi connectivity index (χ1v) is 9.00. The zero-order valence-corrected chi connectivity index (χ0v) is 14.6. The molecule has 0 saturated carbocycles. The normalized spacial score (nSPS) is 18.0. The largest absolute Gasteiger partial charge is 0.341 e. The van der Waals surface area contributed by atoms with Gasteiger partial charge in [-0.1, -0.05) is 6.07 Å². The van der Waals surface area contributed by atoms with E-state index < -0.39 is 0 Å². The van der Waals surface area contributed by atoms with Gasteiger partial charge in [-0.05, 0) is 18.4 Å². The van der Waals surface area contributed by atoms with Gasteiger partial charge in [0.15, 0.2) is 5.69 Å². The molecule has 2 aromatic rings. The van der Waals surface area contributed by atoms with Crippen molar-refractivity contribution in [3.63, 3.8) is 0 Å². The Balaban J connectivity index is 1.32. The molecule has 0 atom stereocenters. The van der Waals surface area contributed by atoms with Gasteiger partial charge in [-0.2, -0.15) is 5.10 Å². The number of amides is 2. The molecule has 25 heavy (non-hydrogen) atoms. The van der Waals surface area contributed by atoms with Crippen LogP contribution in [-0.2, 0) is 11.2 Å². The molecule has 2 aromatic heterocycles. The molecule has 2 aliphatic heterocycles. The number of carbonyl (C=O) groups is 2. The summed E-state index contributed by atoms with van der Waals surface area (Å²) in [6.07, 6.45) is 0.444. The van der Waals surface area contributed by atoms with E-state index in [-0.39, 0.29) is 28.4 Å². The summed E-state index contributed by atoms with van der Waals surface area (Å²) in [4.78, 5) is 41.0. The highest BCUT2D eigenvalue weighted by Crippen LogP contribution is 2.40. The van der Waals surface area contributed by atoms with Crippen molar-refractivity contribution in [3.05, 3.63) is 50.1 Å². The maximum atomic E-state index is 12.4. The van der Waals surface area contributed by atoms with Crippen LogP contribution < -0.4 is 5.43 Å². The molecular formula is C17H18N4O3S. The van der Waals surface area contributed by atoms with E-state index in [1.165, 1.54) is 6.07 Å². The second kappa shape index (κ2) is 5.80. The lowest BCUT2D eigenvalue weighted by Crippen LogP contribution is -2.73. The van der Waals surface area contributed by atoms with Crippen LogP contribution in [0.3, 0.4) is 0 Å². The molecule has 0 radical (unpaired) electrons. The Hall–Kier alpha value is -2.48. The van der Waals surface area contributed by atoms with E-state index in [1.54, 1.807) is 23.2 Å². The topological polar surface area (TPSA) is 86.4 Å². The smallest absolute Gasteiger partial charge is 0.278 e. The van der Waals surface area contributed by atoms with Crippen LogP contribution in [0.2, 0.25) is 0 Å². The van der Waals surface area contributed by atoms with E-state index in [0.717, 1.165) is 4.88 Å². The highest BCUT2D eigenvalue weighted by atomic mass is 32.1. The highest BCUT2D eigenvalue weighted by Gasteiger charge is 2.54. The fourth-order valence-electron chi connectivity index (χ4n) is 3.52. The van der Waals surface area contributed by atoms with Gasteiger partial charge in [-0.3, -0.25) is 19.5 Å². The van der Waals surface area contributed by atoms with Gasteiger partial charge in [0.25, 0.3) is 5.91 Å². The van der Waals surface area contributed by atoms with Crippen LogP contribution in [0.5, 0.6) is 0 Å². The minimum Gasteiger partial charge on any atom is -0.341 e. The molecule has 2 amide bonds. The van der Waals surface area contributed by atoms with Crippen molar-refractivity contribution >= 4 is 23.2 Å². The molecule has 0 bridgehead atoms. The number of hydrogen-bond donors (Lipinski definition) is 1. The number of carbonyl (C=O) groups excluding carboxylic acids is 2. The zero-order valence-electron chi connectivity index (χ0n) is 13.8. The van der Waals surface area contributed by atoms with Crippen LogP contribution in [0.15, 0.2) is 28.4 Å². The van der Waals surface area contributed by atoms with Crippen molar-refractivity contribution in [2.75, 3.05) is 26.2 Å². The summed E-state index contributed by atoms with van der Waals surface area (Å²) in [6.45, 7) is 4.22. The fraction of sp³-hybridized carbons (Fsp3) is 0.412. The number of aryl methyl sites for hydroxylation is 1. The Bertz CT molecular complexity index is 876. The van der Waals surface area contributed by atoms with Crippen LogP contribution in [0.25, 0.3) is 0 Å². The molecule has 7 nitrogen and oxygen atoms in total. The quantitative estimate of drug-likeness (QED) is 0.874. The summed E-state index contributed by atoms with van der Waals surface area (Å²) < 4.78 is 0. The SMILES string of the molecule is Cc1cc(=O)c(C(=O)N2CC3(CN(C(=O)Cc4cccs4)C3)C2)n[nH]1. The van der Waals surface area contributed by atoms with E-state index in [1.807, 2.05) is 22.4 Å². The van der Waals surface area contributed by atoms with E-state index in [4.69, 9.17) is 0 Å². The highest BCUT2D eigenvalue weighted by molar-refractivity contribution is 7.10. The van der Waals surface area contributed by atoms with Gasteiger partial charge in [-0.15, -0.1) is 11.3 Å². The molecule has 8 heteroatoms. The van der Waals surface area contributed by atoms with Crippen molar-refractivity contribution in [1.29, 1.82) is 0 Å². The number of aromatic amines is 1. The minimum absolute atomic E-state index is 0.00176. The number of likely N-dealkylation sites (tertiary alicyclic amines) is 2. The second-order valence-corrected chi connectivity index (χ2v) is 7.96. The van der Waals surface area contributed by atoms with Crippen molar-refractivity contribution in [3.8, 4) is 0 Å². The lowest BCUT2D eigenvalue weighted by atomic mass is 9.72. The molecule has 130 valence electrons. The van der Waals surface area contributed by atoms with Gasteiger partial charge in [0.1, 0.15) is 0 Å². The number of nitrogens with zero attached hydrogens (tertiary/aromatic N) is 3. The number of aromatic nitrogens is 2. The second-order valence-electron chi connectivity index (χ2n) is 6.93. The summed E-state index contributed by atoms with van der Waals surface area (Å²) in [7, 11) is 0. The lowest BCUT2D eigenvalue weighted by molar-refractivity contribution is -0.153. The molecule has 2 saturated heterocycles. The predicted molar refractivity (Wildman–Crippen MR) is 92.5 cm³/mol. The van der Waals surface area contributed by atoms with E-state index in [9.17, 15) is 14.4 Å². The Kier molecular flexibility index (Phi) is 3.72. The molecule has 1 N–H and O–H groups in total. The molecular weight excluding hydrogens is 340 g/mol. The van der Waals surface area contributed by atoms with Gasteiger partial charge in [0.05, 0.1) is 6.42 Å². The summed E-state index contributed by atoms with van der Waals surface area (Å²) in [5.74, 6) is -0.204. The van der Waals surface area contributed by atoms with Gasteiger partial charge in [-0.25, -0.2) is 0 Å². The standard InChI is InChI=1S/C17H18N4O3S/c1-11-5-13(22)15(19-18-11)16(24)21-9-17(10-21)7-20(8-17)14(23)6-12-3-2-4-25-12/h2-5H,6-10H2,1H3,(H,18,22). The molecule has 1 spiro atoms. The maximum absolute atomic E-state index is 12.4. The third kappa shape index (κ3) is 2.86. The van der Waals surface area contributed by atoms with Crippen molar-refractivity contribution in [1.82, 2.24) is 20.0 Å². The van der Waals surface area contributed by atoms with E-state index in [2.05, 4.69) is 10.2 Å². The maximum Gasteiger partial charge on any atom is 0.278 e. The molecule has 0 aromatic carbocycles. The molecule has 2 fully saturated rings. The zero-order chi connectivity index (χ0) is 17.6. The average Bonchev–Trinajstić information content (AvgIpc) is 2.97. The minimum atomic E-state index is -0.358. The van der Waals surface area contributed by atoms with Crippen molar-refractivity contribution in [2.24, 2.45) is 5.41 Å². The molecule has 0 unspecified atom stereocenters.